The predicted octanol–water partition coefficient (Wildman–Crippen LogP) is 2.50. The minimum Gasteiger partial charge on any atom is -0.497 e. The van der Waals surface area contributed by atoms with Crippen molar-refractivity contribution in [3.8, 4) is 5.75 Å². The summed E-state index contributed by atoms with van der Waals surface area (Å²) in [6.07, 6.45) is 0.291. The van der Waals surface area contributed by atoms with Crippen molar-refractivity contribution in [1.29, 1.82) is 0 Å². The van der Waals surface area contributed by atoms with E-state index in [9.17, 15) is 4.79 Å². The maximum atomic E-state index is 12.3. The summed E-state index contributed by atoms with van der Waals surface area (Å²) < 4.78 is 7.54. The van der Waals surface area contributed by atoms with Gasteiger partial charge in [0, 0.05) is 7.05 Å². The Morgan fingerprint density at radius 2 is 2.21 bits per heavy atom. The molecule has 7 heteroatoms. The first kappa shape index (κ1) is 16.2. The van der Waals surface area contributed by atoms with E-state index in [0.29, 0.717) is 23.6 Å². The van der Waals surface area contributed by atoms with Gasteiger partial charge in [-0.05, 0) is 40.7 Å². The topological polar surface area (TPSA) is 71.9 Å². The zero-order chi connectivity index (χ0) is 17.1. The number of fused-ring (bicyclic) bond motifs is 1. The molecule has 1 amide bonds. The number of carbonyl (C=O) groups is 1. The molecule has 0 saturated heterocycles. The van der Waals surface area contributed by atoms with E-state index in [4.69, 9.17) is 17.0 Å². The van der Waals surface area contributed by atoms with Gasteiger partial charge < -0.3 is 14.6 Å². The first-order chi connectivity index (χ1) is 11.6. The van der Waals surface area contributed by atoms with Crippen LogP contribution in [0.3, 0.4) is 0 Å². The van der Waals surface area contributed by atoms with Crippen molar-refractivity contribution in [2.75, 3.05) is 7.11 Å². The molecule has 0 aliphatic rings. The van der Waals surface area contributed by atoms with Gasteiger partial charge in [0.1, 0.15) is 5.75 Å². The number of methoxy groups -OCH3 is 1. The summed E-state index contributed by atoms with van der Waals surface area (Å²) in [7, 11) is 3.44. The summed E-state index contributed by atoms with van der Waals surface area (Å²) in [6, 6.07) is 11.8. The molecule has 3 rings (SSSR count). The molecule has 0 atom stereocenters. The van der Waals surface area contributed by atoms with E-state index < -0.39 is 0 Å². The maximum absolute atomic E-state index is 12.3. The number of nitrogens with one attached hydrogen (secondary N) is 2. The molecule has 0 radical (unpaired) electrons. The van der Waals surface area contributed by atoms with E-state index >= 15 is 0 Å². The van der Waals surface area contributed by atoms with Crippen LogP contribution in [0.1, 0.15) is 11.4 Å². The third kappa shape index (κ3) is 3.30. The van der Waals surface area contributed by atoms with Crippen molar-refractivity contribution in [3.63, 3.8) is 0 Å². The molecule has 2 N–H and O–H groups in total. The lowest BCUT2D eigenvalue weighted by Gasteiger charge is -2.09. The summed E-state index contributed by atoms with van der Waals surface area (Å²) in [4.78, 5) is 12.3. The van der Waals surface area contributed by atoms with Gasteiger partial charge in [-0.1, -0.05) is 24.3 Å². The molecule has 24 heavy (non-hydrogen) atoms. The van der Waals surface area contributed by atoms with Crippen LogP contribution in [0.4, 0.5) is 0 Å². The van der Waals surface area contributed by atoms with Crippen LogP contribution in [0.2, 0.25) is 0 Å². The lowest BCUT2D eigenvalue weighted by Crippen LogP contribution is -2.26. The van der Waals surface area contributed by atoms with E-state index in [-0.39, 0.29) is 5.91 Å². The van der Waals surface area contributed by atoms with Gasteiger partial charge in [-0.2, -0.15) is 5.10 Å². The summed E-state index contributed by atoms with van der Waals surface area (Å²) in [5.41, 5.74) is 0.958. The van der Waals surface area contributed by atoms with Gasteiger partial charge in [0.2, 0.25) is 5.91 Å². The Morgan fingerprint density at radius 1 is 1.38 bits per heavy atom. The Balaban J connectivity index is 1.75. The summed E-state index contributed by atoms with van der Waals surface area (Å²) in [5, 5.41) is 11.8. The summed E-state index contributed by atoms with van der Waals surface area (Å²) >= 11 is 5.06. The van der Waals surface area contributed by atoms with E-state index in [0.717, 1.165) is 22.1 Å². The molecule has 0 aliphatic carbocycles. The Labute approximate surface area is 144 Å². The van der Waals surface area contributed by atoms with Crippen LogP contribution >= 0.6 is 12.2 Å². The molecule has 2 aromatic carbocycles. The fourth-order valence-electron chi connectivity index (χ4n) is 2.55. The third-order valence-electron chi connectivity index (χ3n) is 3.95. The Kier molecular flexibility index (Phi) is 4.61. The monoisotopic (exact) mass is 342 g/mol. The Hall–Kier alpha value is -2.67. The van der Waals surface area contributed by atoms with Gasteiger partial charge in [-0.25, -0.2) is 0 Å². The van der Waals surface area contributed by atoms with Crippen LogP contribution in [0, 0.1) is 4.77 Å². The molecular weight excluding hydrogens is 324 g/mol. The maximum Gasteiger partial charge on any atom is 0.224 e. The second-order valence-electron chi connectivity index (χ2n) is 5.46. The second-order valence-corrected chi connectivity index (χ2v) is 5.85. The molecule has 0 aliphatic heterocycles. The number of rotatable bonds is 5. The highest BCUT2D eigenvalue weighted by Gasteiger charge is 2.09. The molecule has 124 valence electrons. The van der Waals surface area contributed by atoms with Crippen LogP contribution in [0.25, 0.3) is 10.8 Å². The molecule has 0 bridgehead atoms. The third-order valence-corrected chi connectivity index (χ3v) is 4.31. The van der Waals surface area contributed by atoms with Crippen LogP contribution in [-0.2, 0) is 24.8 Å². The number of amides is 1. The van der Waals surface area contributed by atoms with E-state index in [1.807, 2.05) is 43.4 Å². The van der Waals surface area contributed by atoms with Crippen LogP contribution < -0.4 is 10.1 Å². The Bertz CT molecular complexity index is 945. The van der Waals surface area contributed by atoms with Gasteiger partial charge >= 0.3 is 0 Å². The smallest absolute Gasteiger partial charge is 0.224 e. The van der Waals surface area contributed by atoms with Crippen molar-refractivity contribution in [1.82, 2.24) is 20.1 Å². The number of carbonyl (C=O) groups excluding carboxylic acids is 1. The summed E-state index contributed by atoms with van der Waals surface area (Å²) in [5.74, 6) is 1.39. The second kappa shape index (κ2) is 6.84. The number of aromatic amines is 1. The van der Waals surface area contributed by atoms with Crippen molar-refractivity contribution < 1.29 is 9.53 Å². The molecule has 0 unspecified atom stereocenters. The molecule has 3 aromatic rings. The minimum atomic E-state index is -0.0701. The molecular formula is C17H18N4O2S. The zero-order valence-corrected chi connectivity index (χ0v) is 14.3. The van der Waals surface area contributed by atoms with Crippen molar-refractivity contribution in [2.24, 2.45) is 7.05 Å². The van der Waals surface area contributed by atoms with Gasteiger partial charge in [0.15, 0.2) is 10.6 Å². The fourth-order valence-corrected chi connectivity index (χ4v) is 2.70. The van der Waals surface area contributed by atoms with Crippen LogP contribution in [-0.4, -0.2) is 27.8 Å². The number of H-pyrrole nitrogens is 1. The first-order valence-corrected chi connectivity index (χ1v) is 7.92. The number of benzene rings is 2. The van der Waals surface area contributed by atoms with E-state index in [1.54, 1.807) is 11.7 Å². The quantitative estimate of drug-likeness (QED) is 0.699. The number of hydrogen-bond donors (Lipinski definition) is 2. The number of aromatic nitrogens is 3. The summed E-state index contributed by atoms with van der Waals surface area (Å²) in [6.45, 7) is 0.330. The average molecular weight is 342 g/mol. The first-order valence-electron chi connectivity index (χ1n) is 7.51. The van der Waals surface area contributed by atoms with Crippen LogP contribution in [0.5, 0.6) is 5.75 Å². The molecule has 1 aromatic heterocycles. The van der Waals surface area contributed by atoms with E-state index in [1.165, 1.54) is 0 Å². The largest absolute Gasteiger partial charge is 0.497 e. The van der Waals surface area contributed by atoms with Crippen molar-refractivity contribution in [2.45, 2.75) is 13.0 Å². The molecule has 0 saturated carbocycles. The molecule has 6 nitrogen and oxygen atoms in total. The Morgan fingerprint density at radius 3 is 2.92 bits per heavy atom. The molecule has 1 heterocycles. The fraction of sp³-hybridized carbons (Fsp3) is 0.235. The van der Waals surface area contributed by atoms with E-state index in [2.05, 4.69) is 15.5 Å². The van der Waals surface area contributed by atoms with Gasteiger partial charge in [-0.3, -0.25) is 9.89 Å². The van der Waals surface area contributed by atoms with Gasteiger partial charge in [0.25, 0.3) is 0 Å². The van der Waals surface area contributed by atoms with Crippen molar-refractivity contribution in [3.05, 3.63) is 52.6 Å². The van der Waals surface area contributed by atoms with Crippen molar-refractivity contribution >= 4 is 28.9 Å². The van der Waals surface area contributed by atoms with Crippen LogP contribution in [0.15, 0.2) is 36.4 Å². The standard InChI is InChI=1S/C17H18N4O2S/c1-21-15(19-20-17(21)24)10-18-16(22)8-12-5-3-4-11-6-7-13(23-2)9-14(11)12/h3-7,9H,8,10H2,1-2H3,(H,18,22)(H,20,24). The number of hydrogen-bond acceptors (Lipinski definition) is 4. The van der Waals surface area contributed by atoms with Gasteiger partial charge in [-0.15, -0.1) is 0 Å². The normalized spacial score (nSPS) is 10.8. The molecule has 0 fully saturated rings. The lowest BCUT2D eigenvalue weighted by atomic mass is 10.0. The minimum absolute atomic E-state index is 0.0701. The van der Waals surface area contributed by atoms with Gasteiger partial charge in [0.05, 0.1) is 20.1 Å². The zero-order valence-electron chi connectivity index (χ0n) is 13.5. The lowest BCUT2D eigenvalue weighted by molar-refractivity contribution is -0.120. The SMILES string of the molecule is COc1ccc2cccc(CC(=O)NCc3n[nH]c(=S)n3C)c2c1. The average Bonchev–Trinajstić information content (AvgIpc) is 2.92. The highest BCUT2D eigenvalue weighted by molar-refractivity contribution is 7.71. The predicted molar refractivity (Wildman–Crippen MR) is 94.4 cm³/mol. The number of ether oxygens (including phenoxy) is 1. The molecule has 0 spiro atoms. The highest BCUT2D eigenvalue weighted by Crippen LogP contribution is 2.24. The number of nitrogens with zero attached hydrogens (tertiary/aromatic N) is 2. The highest BCUT2D eigenvalue weighted by atomic mass is 32.1.